The summed E-state index contributed by atoms with van der Waals surface area (Å²) in [6.45, 7) is 2.10. The highest BCUT2D eigenvalue weighted by molar-refractivity contribution is 5.36. The van der Waals surface area contributed by atoms with Crippen LogP contribution >= 0.6 is 0 Å². The van der Waals surface area contributed by atoms with Crippen molar-refractivity contribution in [3.63, 3.8) is 0 Å². The topological polar surface area (TPSA) is 42.4 Å². The second-order valence-electron chi connectivity index (χ2n) is 4.98. The molecule has 3 nitrogen and oxygen atoms in total. The fraction of sp³-hybridized carbons (Fsp3) is 0.562. The van der Waals surface area contributed by atoms with E-state index in [-0.39, 0.29) is 6.61 Å². The Hall–Kier alpha value is -1.53. The van der Waals surface area contributed by atoms with Crippen molar-refractivity contribution in [3.05, 3.63) is 24.0 Å². The van der Waals surface area contributed by atoms with Crippen LogP contribution in [0.2, 0.25) is 0 Å². The maximum absolute atomic E-state index is 8.70. The van der Waals surface area contributed by atoms with E-state index >= 15 is 0 Å². The van der Waals surface area contributed by atoms with Crippen LogP contribution in [0.25, 0.3) is 0 Å². The predicted octanol–water partition coefficient (Wildman–Crippen LogP) is 2.77. The zero-order valence-corrected chi connectivity index (χ0v) is 11.4. The summed E-state index contributed by atoms with van der Waals surface area (Å²) >= 11 is 0. The first-order valence-corrected chi connectivity index (χ1v) is 7.05. The highest BCUT2D eigenvalue weighted by Crippen LogP contribution is 2.30. The first-order valence-electron chi connectivity index (χ1n) is 7.05. The number of rotatable bonds is 3. The van der Waals surface area contributed by atoms with E-state index in [0.717, 1.165) is 17.7 Å². The molecule has 1 aliphatic rings. The maximum Gasteiger partial charge on any atom is 0.139 e. The van der Waals surface area contributed by atoms with E-state index in [9.17, 15) is 0 Å². The Morgan fingerprint density at radius 1 is 1.37 bits per heavy atom. The SMILES string of the molecule is CCC1CCCCC1Oc1cncc(C#CCO)c1. The molecule has 3 heteroatoms. The fourth-order valence-corrected chi connectivity index (χ4v) is 2.66. The number of ether oxygens (including phenoxy) is 1. The largest absolute Gasteiger partial charge is 0.488 e. The molecule has 19 heavy (non-hydrogen) atoms. The van der Waals surface area contributed by atoms with Gasteiger partial charge in [0, 0.05) is 11.8 Å². The van der Waals surface area contributed by atoms with Crippen LogP contribution < -0.4 is 4.74 Å². The smallest absolute Gasteiger partial charge is 0.139 e. The first-order chi connectivity index (χ1) is 9.33. The molecule has 1 heterocycles. The number of nitrogens with zero attached hydrogens (tertiary/aromatic N) is 1. The molecule has 1 aliphatic carbocycles. The average molecular weight is 259 g/mol. The lowest BCUT2D eigenvalue weighted by atomic mass is 9.85. The molecule has 1 N–H and O–H groups in total. The van der Waals surface area contributed by atoms with Crippen LogP contribution in [0.15, 0.2) is 18.5 Å². The van der Waals surface area contributed by atoms with E-state index in [1.165, 1.54) is 25.7 Å². The summed E-state index contributed by atoms with van der Waals surface area (Å²) in [5.74, 6) is 6.92. The summed E-state index contributed by atoms with van der Waals surface area (Å²) in [5.41, 5.74) is 0.787. The number of pyridine rings is 1. The van der Waals surface area contributed by atoms with Gasteiger partial charge in [0.25, 0.3) is 0 Å². The van der Waals surface area contributed by atoms with Crippen LogP contribution in [0, 0.1) is 17.8 Å². The lowest BCUT2D eigenvalue weighted by molar-refractivity contribution is 0.0900. The molecule has 2 atom stereocenters. The summed E-state index contributed by atoms with van der Waals surface area (Å²) in [6.07, 6.45) is 9.86. The molecule has 102 valence electrons. The van der Waals surface area contributed by atoms with Gasteiger partial charge in [-0.15, -0.1) is 0 Å². The molecule has 1 fully saturated rings. The third-order valence-electron chi connectivity index (χ3n) is 3.68. The Morgan fingerprint density at radius 2 is 2.21 bits per heavy atom. The monoisotopic (exact) mass is 259 g/mol. The zero-order valence-electron chi connectivity index (χ0n) is 11.4. The van der Waals surface area contributed by atoms with Crippen molar-refractivity contribution >= 4 is 0 Å². The Bertz CT molecular complexity index is 461. The molecule has 0 aliphatic heterocycles. The van der Waals surface area contributed by atoms with E-state index in [2.05, 4.69) is 23.7 Å². The zero-order chi connectivity index (χ0) is 13.5. The van der Waals surface area contributed by atoms with Crippen LogP contribution in [0.1, 0.15) is 44.6 Å². The minimum Gasteiger partial charge on any atom is -0.488 e. The van der Waals surface area contributed by atoms with Crippen molar-refractivity contribution in [1.82, 2.24) is 4.98 Å². The number of hydrogen-bond acceptors (Lipinski definition) is 3. The van der Waals surface area contributed by atoms with Gasteiger partial charge in [-0.1, -0.05) is 25.2 Å². The normalized spacial score (nSPS) is 22.4. The van der Waals surface area contributed by atoms with Crippen LogP contribution in [0.5, 0.6) is 5.75 Å². The van der Waals surface area contributed by atoms with Gasteiger partial charge in [-0.2, -0.15) is 0 Å². The quantitative estimate of drug-likeness (QED) is 0.849. The molecule has 0 bridgehead atoms. The molecule has 0 aromatic carbocycles. The number of aromatic nitrogens is 1. The molecule has 1 saturated carbocycles. The summed E-state index contributed by atoms with van der Waals surface area (Å²) in [5, 5.41) is 8.70. The van der Waals surface area contributed by atoms with Gasteiger partial charge in [-0.05, 0) is 37.7 Å². The van der Waals surface area contributed by atoms with Crippen LogP contribution in [-0.4, -0.2) is 22.8 Å². The third-order valence-corrected chi connectivity index (χ3v) is 3.68. The molecule has 1 aromatic rings. The summed E-state index contributed by atoms with van der Waals surface area (Å²) in [7, 11) is 0. The molecule has 0 radical (unpaired) electrons. The minimum atomic E-state index is -0.133. The standard InChI is InChI=1S/C16H21NO2/c1-2-14-7-3-4-8-16(14)19-15-10-13(6-5-9-18)11-17-12-15/h10-12,14,16,18H,2-4,7-9H2,1H3. The second-order valence-corrected chi connectivity index (χ2v) is 4.98. The molecule has 0 spiro atoms. The predicted molar refractivity (Wildman–Crippen MR) is 74.9 cm³/mol. The van der Waals surface area contributed by atoms with Crippen LogP contribution in [0.3, 0.4) is 0 Å². The molecule has 2 unspecified atom stereocenters. The minimum absolute atomic E-state index is 0.133. The van der Waals surface area contributed by atoms with Crippen molar-refractivity contribution in [2.75, 3.05) is 6.61 Å². The number of aliphatic hydroxyl groups excluding tert-OH is 1. The fourth-order valence-electron chi connectivity index (χ4n) is 2.66. The van der Waals surface area contributed by atoms with Gasteiger partial charge in [0.05, 0.1) is 6.20 Å². The number of aliphatic hydroxyl groups is 1. The average Bonchev–Trinajstić information content (AvgIpc) is 2.46. The van der Waals surface area contributed by atoms with Crippen molar-refractivity contribution in [1.29, 1.82) is 0 Å². The molecular formula is C16H21NO2. The van der Waals surface area contributed by atoms with Gasteiger partial charge < -0.3 is 9.84 Å². The van der Waals surface area contributed by atoms with Gasteiger partial charge in [0.15, 0.2) is 0 Å². The Kier molecular flexibility index (Phi) is 5.23. The first kappa shape index (κ1) is 13.9. The second kappa shape index (κ2) is 7.16. The van der Waals surface area contributed by atoms with Crippen molar-refractivity contribution in [2.24, 2.45) is 5.92 Å². The van der Waals surface area contributed by atoms with Gasteiger partial charge in [-0.25, -0.2) is 0 Å². The van der Waals surface area contributed by atoms with E-state index in [4.69, 9.17) is 9.84 Å². The highest BCUT2D eigenvalue weighted by Gasteiger charge is 2.25. The molecule has 2 rings (SSSR count). The van der Waals surface area contributed by atoms with Gasteiger partial charge in [0.1, 0.15) is 18.5 Å². The Balaban J connectivity index is 2.05. The summed E-state index contributed by atoms with van der Waals surface area (Å²) < 4.78 is 6.09. The van der Waals surface area contributed by atoms with Crippen LogP contribution in [0.4, 0.5) is 0 Å². The van der Waals surface area contributed by atoms with E-state index in [1.807, 2.05) is 6.07 Å². The van der Waals surface area contributed by atoms with Gasteiger partial charge in [-0.3, -0.25) is 4.98 Å². The maximum atomic E-state index is 8.70. The molecular weight excluding hydrogens is 238 g/mol. The van der Waals surface area contributed by atoms with E-state index in [1.54, 1.807) is 12.4 Å². The van der Waals surface area contributed by atoms with Gasteiger partial charge >= 0.3 is 0 Å². The van der Waals surface area contributed by atoms with Gasteiger partial charge in [0.2, 0.25) is 0 Å². The van der Waals surface area contributed by atoms with Crippen LogP contribution in [-0.2, 0) is 0 Å². The number of hydrogen-bond donors (Lipinski definition) is 1. The Labute approximate surface area is 115 Å². The van der Waals surface area contributed by atoms with Crippen molar-refractivity contribution in [2.45, 2.75) is 45.1 Å². The highest BCUT2D eigenvalue weighted by atomic mass is 16.5. The summed E-state index contributed by atoms with van der Waals surface area (Å²) in [6, 6.07) is 1.90. The lowest BCUT2D eigenvalue weighted by Crippen LogP contribution is -2.29. The van der Waals surface area contributed by atoms with E-state index < -0.39 is 0 Å². The third kappa shape index (κ3) is 3.97. The lowest BCUT2D eigenvalue weighted by Gasteiger charge is -2.31. The van der Waals surface area contributed by atoms with Crippen molar-refractivity contribution in [3.8, 4) is 17.6 Å². The molecule has 0 amide bonds. The molecule has 1 aromatic heterocycles. The van der Waals surface area contributed by atoms with Crippen molar-refractivity contribution < 1.29 is 9.84 Å². The Morgan fingerprint density at radius 3 is 3.00 bits per heavy atom. The van der Waals surface area contributed by atoms with E-state index in [0.29, 0.717) is 12.0 Å². The molecule has 0 saturated heterocycles. The summed E-state index contributed by atoms with van der Waals surface area (Å²) in [4.78, 5) is 4.14.